The Balaban J connectivity index is 1.92. The molecule has 2 unspecified atom stereocenters. The molecule has 3 N–H and O–H groups in total. The summed E-state index contributed by atoms with van der Waals surface area (Å²) in [4.78, 5) is 20.3. The van der Waals surface area contributed by atoms with Gasteiger partial charge in [0.2, 0.25) is 0 Å². The van der Waals surface area contributed by atoms with Crippen LogP contribution in [0.15, 0.2) is 42.5 Å². The van der Waals surface area contributed by atoms with Crippen molar-refractivity contribution in [1.82, 2.24) is 9.97 Å². The highest BCUT2D eigenvalue weighted by molar-refractivity contribution is 7.98. The van der Waals surface area contributed by atoms with Gasteiger partial charge in [0, 0.05) is 17.5 Å². The number of carboxylic acid groups (broad SMARTS) is 1. The second kappa shape index (κ2) is 13.9. The summed E-state index contributed by atoms with van der Waals surface area (Å²) in [5, 5.41) is 29.5. The van der Waals surface area contributed by atoms with Crippen molar-refractivity contribution < 1.29 is 42.0 Å². The summed E-state index contributed by atoms with van der Waals surface area (Å²) in [5.41, 5.74) is 5.16. The lowest BCUT2D eigenvalue weighted by molar-refractivity contribution is -0.139. The number of carboxylic acids is 1. The largest absolute Gasteiger partial charge is 0.754 e. The van der Waals surface area contributed by atoms with Crippen LogP contribution >= 0.6 is 0 Å². The third-order valence-electron chi connectivity index (χ3n) is 6.97. The summed E-state index contributed by atoms with van der Waals surface area (Å²) in [6, 6.07) is 8.82. The highest BCUT2D eigenvalue weighted by Gasteiger charge is 2.27. The topological polar surface area (TPSA) is 187 Å². The summed E-state index contributed by atoms with van der Waals surface area (Å²) in [6.45, 7) is 3.86. The first-order valence-electron chi connectivity index (χ1n) is 13.4. The summed E-state index contributed by atoms with van der Waals surface area (Å²) >= 11 is -6.21. The first-order valence-corrected chi connectivity index (χ1v) is 15.5. The van der Waals surface area contributed by atoms with Crippen molar-refractivity contribution in [2.75, 3.05) is 3.71 Å². The van der Waals surface area contributed by atoms with Gasteiger partial charge in [0.1, 0.15) is 5.82 Å². The Bertz CT molecular complexity index is 1570. The fourth-order valence-electron chi connectivity index (χ4n) is 5.16. The van der Waals surface area contributed by atoms with Gasteiger partial charge in [-0.1, -0.05) is 38.1 Å². The molecular formula is C29H30FN3O8S2-2. The molecule has 230 valence electrons. The number of aryl methyl sites for hydroxylation is 1. The lowest BCUT2D eigenvalue weighted by atomic mass is 9.86. The number of anilines is 1. The lowest BCUT2D eigenvalue weighted by Crippen LogP contribution is -2.28. The summed E-state index contributed by atoms with van der Waals surface area (Å²) in [7, 11) is 0. The highest BCUT2D eigenvalue weighted by Crippen LogP contribution is 2.42. The maximum absolute atomic E-state index is 14.0. The van der Waals surface area contributed by atoms with E-state index in [4.69, 9.17) is 10.1 Å². The van der Waals surface area contributed by atoms with Gasteiger partial charge < -0.3 is 24.4 Å². The minimum atomic E-state index is -3.10. The first-order chi connectivity index (χ1) is 20.4. The van der Waals surface area contributed by atoms with Crippen molar-refractivity contribution in [3.8, 4) is 22.4 Å². The van der Waals surface area contributed by atoms with Crippen molar-refractivity contribution in [1.29, 1.82) is 0 Å². The molecule has 0 saturated carbocycles. The van der Waals surface area contributed by atoms with E-state index in [1.165, 1.54) is 24.3 Å². The number of benzene rings is 1. The number of hydrogen-bond acceptors (Lipinski definition) is 9. The van der Waals surface area contributed by atoms with Crippen LogP contribution in [0, 0.1) is 5.82 Å². The maximum Gasteiger partial charge on any atom is 0.305 e. The fraction of sp³-hybridized carbons (Fsp3) is 0.345. The Kier molecular flexibility index (Phi) is 10.5. The highest BCUT2D eigenvalue weighted by atomic mass is 32.3. The number of hydrogen-bond donors (Lipinski definition) is 3. The summed E-state index contributed by atoms with van der Waals surface area (Å²) in [6.07, 6.45) is 1.51. The number of pyridine rings is 2. The number of fused-ring (bicyclic) bond motifs is 3. The van der Waals surface area contributed by atoms with Crippen LogP contribution in [0.5, 0.6) is 0 Å². The van der Waals surface area contributed by atoms with Crippen LogP contribution in [0.25, 0.3) is 28.5 Å². The number of aliphatic hydroxyl groups is 2. The van der Waals surface area contributed by atoms with Crippen molar-refractivity contribution in [3.63, 3.8) is 0 Å². The van der Waals surface area contributed by atoms with Crippen molar-refractivity contribution in [3.05, 3.63) is 70.8 Å². The quantitative estimate of drug-likeness (QED) is 0.264. The molecule has 4 rings (SSSR count). The maximum atomic E-state index is 14.0. The number of aliphatic carboxylic acids is 1. The monoisotopic (exact) mass is 631 g/mol. The zero-order chi connectivity index (χ0) is 31.4. The molecule has 11 nitrogen and oxygen atoms in total. The SMILES string of the molecule is CC(C)c1nc2c(c(-c3ccc(F)cc3)c1/C=C/[C@@H](O)C[C@@H](O)CC(=O)O)CCCc1nc(N(S(=O)[O-])S(=O)[O-])ccc1-2. The van der Waals surface area contributed by atoms with Gasteiger partial charge in [0.05, 0.1) is 58.2 Å². The molecule has 1 aliphatic carbocycles. The molecule has 2 aromatic heterocycles. The minimum Gasteiger partial charge on any atom is -0.754 e. The molecule has 0 radical (unpaired) electrons. The van der Waals surface area contributed by atoms with Gasteiger partial charge in [-0.3, -0.25) is 18.2 Å². The molecule has 0 saturated heterocycles. The standard InChI is InChI=1S/C29H32FN3O8S2/c1-16(2)28-23(11-10-19(34)14-20(35)15-26(36)37)27(17-6-8-18(30)9-7-17)22-4-3-5-24-21(29(22)32-28)12-13-25(31-24)33(42(38)39)43(40)41/h6-13,16,19-20,34-35H,3-5,14-15H2,1-2H3,(H,36,37)(H,38,39)(H,40,41)/p-2/b11-10+/t19-,20-/m1/s1. The zero-order valence-corrected chi connectivity index (χ0v) is 24.9. The third kappa shape index (κ3) is 7.58. The molecule has 0 bridgehead atoms. The van der Waals surface area contributed by atoms with Crippen LogP contribution in [0.3, 0.4) is 0 Å². The van der Waals surface area contributed by atoms with E-state index in [-0.39, 0.29) is 21.9 Å². The van der Waals surface area contributed by atoms with Crippen molar-refractivity contribution in [2.45, 2.75) is 64.1 Å². The fourth-order valence-corrected chi connectivity index (χ4v) is 6.07. The smallest absolute Gasteiger partial charge is 0.305 e. The zero-order valence-electron chi connectivity index (χ0n) is 23.3. The summed E-state index contributed by atoms with van der Waals surface area (Å²) < 4.78 is 60.4. The molecule has 3 aromatic rings. The Labute approximate surface area is 253 Å². The van der Waals surface area contributed by atoms with Crippen LogP contribution in [0.1, 0.15) is 61.5 Å². The molecule has 4 atom stereocenters. The van der Waals surface area contributed by atoms with Crippen molar-refractivity contribution in [2.24, 2.45) is 0 Å². The molecule has 43 heavy (non-hydrogen) atoms. The Morgan fingerprint density at radius 1 is 1.07 bits per heavy atom. The first kappa shape index (κ1) is 32.5. The van der Waals surface area contributed by atoms with Gasteiger partial charge in [0.25, 0.3) is 0 Å². The third-order valence-corrected chi connectivity index (χ3v) is 8.61. The number of aliphatic hydroxyl groups excluding tert-OH is 2. The molecule has 1 aromatic carbocycles. The molecule has 14 heteroatoms. The molecule has 0 fully saturated rings. The second-order valence-corrected chi connectivity index (χ2v) is 12.2. The van der Waals surface area contributed by atoms with Crippen LogP contribution in [0.2, 0.25) is 0 Å². The van der Waals surface area contributed by atoms with E-state index >= 15 is 0 Å². The normalized spacial score (nSPS) is 15.8. The van der Waals surface area contributed by atoms with E-state index in [1.807, 2.05) is 13.8 Å². The molecule has 0 spiro atoms. The van der Waals surface area contributed by atoms with Gasteiger partial charge in [0.15, 0.2) is 5.82 Å². The number of rotatable bonds is 11. The van der Waals surface area contributed by atoms with Gasteiger partial charge in [-0.2, -0.15) is 0 Å². The summed E-state index contributed by atoms with van der Waals surface area (Å²) in [5.74, 6) is -2.02. The number of nitrogens with zero attached hydrogens (tertiary/aromatic N) is 3. The average Bonchev–Trinajstić information content (AvgIpc) is 3.09. The second-order valence-electron chi connectivity index (χ2n) is 10.4. The van der Waals surface area contributed by atoms with E-state index in [0.29, 0.717) is 53.0 Å². The van der Waals surface area contributed by atoms with Crippen LogP contribution in [0.4, 0.5) is 10.2 Å². The van der Waals surface area contributed by atoms with E-state index in [0.717, 1.165) is 11.1 Å². The Morgan fingerprint density at radius 2 is 1.74 bits per heavy atom. The Morgan fingerprint density at radius 3 is 2.35 bits per heavy atom. The Hall–Kier alpha value is -3.40. The average molecular weight is 632 g/mol. The van der Waals surface area contributed by atoms with Gasteiger partial charge in [-0.25, -0.2) is 13.1 Å². The number of carbonyl (C=O) groups is 1. The minimum absolute atomic E-state index is 0.140. The molecule has 0 aliphatic heterocycles. The van der Waals surface area contributed by atoms with E-state index in [9.17, 15) is 36.9 Å². The van der Waals surface area contributed by atoms with Gasteiger partial charge >= 0.3 is 5.97 Å². The van der Waals surface area contributed by atoms with E-state index in [2.05, 4.69) is 4.98 Å². The molecule has 0 amide bonds. The van der Waals surface area contributed by atoms with E-state index in [1.54, 1.807) is 24.3 Å². The van der Waals surface area contributed by atoms with Gasteiger partial charge in [-0.05, 0) is 66.1 Å². The number of aromatic nitrogens is 2. The van der Waals surface area contributed by atoms with Gasteiger partial charge in [-0.15, -0.1) is 0 Å². The molecular weight excluding hydrogens is 601 g/mol. The van der Waals surface area contributed by atoms with Crippen LogP contribution in [-0.4, -0.2) is 61.0 Å². The lowest BCUT2D eigenvalue weighted by Gasteiger charge is -2.27. The molecule has 2 heterocycles. The van der Waals surface area contributed by atoms with E-state index < -0.39 is 52.9 Å². The number of halogens is 1. The predicted molar refractivity (Wildman–Crippen MR) is 157 cm³/mol. The molecule has 1 aliphatic rings. The van der Waals surface area contributed by atoms with Crippen molar-refractivity contribution >= 4 is 40.4 Å². The van der Waals surface area contributed by atoms with Crippen LogP contribution in [-0.2, 0) is 40.2 Å². The predicted octanol–water partition coefficient (Wildman–Crippen LogP) is 3.56. The van der Waals surface area contributed by atoms with Crippen LogP contribution < -0.4 is 3.71 Å².